The number of nitrogens with zero attached hydrogens (tertiary/aromatic N) is 1. The van der Waals surface area contributed by atoms with Gasteiger partial charge in [-0.25, -0.2) is 4.79 Å². The molecular weight excluding hydrogens is 420 g/mol. The Balaban J connectivity index is 2.23. The first kappa shape index (κ1) is 25.8. The fraction of sp³-hybridized carbons (Fsp3) is 0.385. The van der Waals surface area contributed by atoms with Crippen molar-refractivity contribution >= 4 is 17.7 Å². The van der Waals surface area contributed by atoms with Crippen LogP contribution in [0.1, 0.15) is 32.8 Å². The lowest BCUT2D eigenvalue weighted by Crippen LogP contribution is -2.50. The fourth-order valence-electron chi connectivity index (χ4n) is 3.07. The highest BCUT2D eigenvalue weighted by molar-refractivity contribution is 5.98. The van der Waals surface area contributed by atoms with Crippen LogP contribution in [0.15, 0.2) is 61.2 Å². The number of carbonyl (C=O) groups is 2. The van der Waals surface area contributed by atoms with Crippen LogP contribution in [-0.2, 0) is 16.0 Å². The Morgan fingerprint density at radius 1 is 1.12 bits per heavy atom. The van der Waals surface area contributed by atoms with Gasteiger partial charge in [-0.1, -0.05) is 18.2 Å². The second-order valence-corrected chi connectivity index (χ2v) is 8.57. The lowest BCUT2D eigenvalue weighted by Gasteiger charge is -2.27. The van der Waals surface area contributed by atoms with E-state index in [-0.39, 0.29) is 12.3 Å². The summed E-state index contributed by atoms with van der Waals surface area (Å²) in [4.78, 5) is 27.4. The first-order valence-electron chi connectivity index (χ1n) is 10.9. The number of hydrogen-bond donors (Lipinski definition) is 1. The molecule has 178 valence electrons. The number of benzene rings is 2. The topological polar surface area (TPSA) is 77.1 Å². The average Bonchev–Trinajstić information content (AvgIpc) is 2.77. The summed E-state index contributed by atoms with van der Waals surface area (Å²) in [6.45, 7) is 9.53. The molecule has 1 N–H and O–H groups in total. The highest BCUT2D eigenvalue weighted by Gasteiger charge is 2.27. The molecule has 0 spiro atoms. The van der Waals surface area contributed by atoms with Crippen molar-refractivity contribution in [3.05, 3.63) is 66.7 Å². The highest BCUT2D eigenvalue weighted by atomic mass is 16.6. The lowest BCUT2D eigenvalue weighted by molar-refractivity contribution is -0.120. The molecule has 0 aliphatic heterocycles. The number of amides is 2. The summed E-state index contributed by atoms with van der Waals surface area (Å²) < 4.78 is 16.3. The smallest absolute Gasteiger partial charge is 0.408 e. The summed E-state index contributed by atoms with van der Waals surface area (Å²) >= 11 is 0. The van der Waals surface area contributed by atoms with E-state index in [9.17, 15) is 9.59 Å². The third kappa shape index (κ3) is 8.52. The van der Waals surface area contributed by atoms with Gasteiger partial charge in [0.2, 0.25) is 5.91 Å². The van der Waals surface area contributed by atoms with Crippen LogP contribution in [0.4, 0.5) is 10.5 Å². The number of ether oxygens (including phenoxy) is 3. The molecule has 0 aliphatic carbocycles. The largest absolute Gasteiger partial charge is 0.497 e. The summed E-state index contributed by atoms with van der Waals surface area (Å²) in [5.41, 5.74) is 0.848. The number of methoxy groups -OCH3 is 1. The van der Waals surface area contributed by atoms with Crippen LogP contribution in [0, 0.1) is 0 Å². The second kappa shape index (κ2) is 11.9. The Morgan fingerprint density at radius 2 is 1.82 bits per heavy atom. The van der Waals surface area contributed by atoms with E-state index in [1.54, 1.807) is 65.3 Å². The molecule has 2 amide bonds. The molecule has 2 rings (SSSR count). The van der Waals surface area contributed by atoms with Crippen LogP contribution >= 0.6 is 0 Å². The van der Waals surface area contributed by atoms with Gasteiger partial charge in [0.1, 0.15) is 23.1 Å². The van der Waals surface area contributed by atoms with E-state index in [2.05, 4.69) is 11.9 Å². The molecule has 0 aromatic heterocycles. The molecule has 0 aliphatic rings. The Labute approximate surface area is 196 Å². The van der Waals surface area contributed by atoms with Gasteiger partial charge in [-0.05, 0) is 69.2 Å². The normalized spacial score (nSPS) is 11.8. The van der Waals surface area contributed by atoms with Gasteiger partial charge in [0.25, 0.3) is 0 Å². The maximum Gasteiger partial charge on any atom is 0.408 e. The van der Waals surface area contributed by atoms with E-state index < -0.39 is 17.7 Å². The van der Waals surface area contributed by atoms with Gasteiger partial charge in [-0.15, -0.1) is 6.58 Å². The Kier molecular flexibility index (Phi) is 9.33. The van der Waals surface area contributed by atoms with E-state index in [0.29, 0.717) is 23.8 Å². The summed E-state index contributed by atoms with van der Waals surface area (Å²) in [6, 6.07) is 13.8. The fourth-order valence-corrected chi connectivity index (χ4v) is 3.07. The molecule has 0 bridgehead atoms. The van der Waals surface area contributed by atoms with Crippen molar-refractivity contribution in [1.82, 2.24) is 5.32 Å². The Hall–Kier alpha value is -3.48. The molecule has 1 atom stereocenters. The quantitative estimate of drug-likeness (QED) is 0.414. The molecule has 0 saturated heterocycles. The number of rotatable bonds is 10. The molecule has 2 aromatic rings. The standard InChI is InChI=1S/C26H34N2O5/c1-7-8-16-32-22-11-9-10-19(17-22)18-23(27-25(30)33-26(2,3)4)24(29)28(5)20-12-14-21(31-6)15-13-20/h7,9-15,17,23H,1,8,16,18H2,2-6H3,(H,27,30). The minimum absolute atomic E-state index is 0.274. The van der Waals surface area contributed by atoms with Gasteiger partial charge in [-0.2, -0.15) is 0 Å². The van der Waals surface area contributed by atoms with Crippen LogP contribution in [0.5, 0.6) is 11.5 Å². The minimum Gasteiger partial charge on any atom is -0.497 e. The average molecular weight is 455 g/mol. The van der Waals surface area contributed by atoms with Crippen molar-refractivity contribution in [1.29, 1.82) is 0 Å². The minimum atomic E-state index is -0.838. The van der Waals surface area contributed by atoms with E-state index in [4.69, 9.17) is 14.2 Å². The Bertz CT molecular complexity index is 934. The predicted molar refractivity (Wildman–Crippen MR) is 130 cm³/mol. The highest BCUT2D eigenvalue weighted by Crippen LogP contribution is 2.21. The van der Waals surface area contributed by atoms with Gasteiger partial charge in [0.05, 0.1) is 13.7 Å². The van der Waals surface area contributed by atoms with Gasteiger partial charge < -0.3 is 24.4 Å². The SMILES string of the molecule is C=CCCOc1cccc(CC(NC(=O)OC(C)(C)C)C(=O)N(C)c2ccc(OC)cc2)c1. The van der Waals surface area contributed by atoms with Crippen LogP contribution < -0.4 is 19.7 Å². The summed E-state index contributed by atoms with van der Waals surface area (Å²) in [5, 5.41) is 2.74. The van der Waals surface area contributed by atoms with Crippen molar-refractivity contribution in [2.45, 2.75) is 45.3 Å². The summed E-state index contributed by atoms with van der Waals surface area (Å²) in [7, 11) is 3.25. The number of nitrogens with one attached hydrogen (secondary N) is 1. The zero-order valence-corrected chi connectivity index (χ0v) is 20.1. The first-order chi connectivity index (χ1) is 15.6. The van der Waals surface area contributed by atoms with Gasteiger partial charge in [0.15, 0.2) is 0 Å². The van der Waals surface area contributed by atoms with Gasteiger partial charge >= 0.3 is 6.09 Å². The molecule has 0 heterocycles. The maximum atomic E-state index is 13.4. The first-order valence-corrected chi connectivity index (χ1v) is 10.9. The van der Waals surface area contributed by atoms with E-state index in [0.717, 1.165) is 12.0 Å². The monoisotopic (exact) mass is 454 g/mol. The van der Waals surface area contributed by atoms with Crippen LogP contribution in [-0.4, -0.2) is 44.4 Å². The number of anilines is 1. The zero-order chi connectivity index (χ0) is 24.4. The number of carbonyl (C=O) groups excluding carboxylic acids is 2. The predicted octanol–water partition coefficient (Wildman–Crippen LogP) is 4.75. The number of alkyl carbamates (subject to hydrolysis) is 1. The zero-order valence-electron chi connectivity index (χ0n) is 20.1. The van der Waals surface area contributed by atoms with Gasteiger partial charge in [-0.3, -0.25) is 4.79 Å². The van der Waals surface area contributed by atoms with E-state index in [1.165, 1.54) is 4.90 Å². The van der Waals surface area contributed by atoms with Crippen molar-refractivity contribution in [3.63, 3.8) is 0 Å². The third-order valence-electron chi connectivity index (χ3n) is 4.71. The summed E-state index contributed by atoms with van der Waals surface area (Å²) in [6.07, 6.45) is 2.15. The van der Waals surface area contributed by atoms with Crippen molar-refractivity contribution in [3.8, 4) is 11.5 Å². The molecule has 7 heteroatoms. The number of hydrogen-bond acceptors (Lipinski definition) is 5. The second-order valence-electron chi connectivity index (χ2n) is 8.57. The molecule has 0 radical (unpaired) electrons. The molecule has 7 nitrogen and oxygen atoms in total. The molecule has 2 aromatic carbocycles. The van der Waals surface area contributed by atoms with E-state index >= 15 is 0 Å². The molecular formula is C26H34N2O5. The molecule has 0 fully saturated rings. The lowest BCUT2D eigenvalue weighted by atomic mass is 10.0. The van der Waals surface area contributed by atoms with Crippen molar-refractivity contribution in [2.75, 3.05) is 25.7 Å². The van der Waals surface area contributed by atoms with Crippen LogP contribution in [0.25, 0.3) is 0 Å². The third-order valence-corrected chi connectivity index (χ3v) is 4.71. The van der Waals surface area contributed by atoms with Crippen molar-refractivity contribution in [2.24, 2.45) is 0 Å². The summed E-state index contributed by atoms with van der Waals surface area (Å²) in [5.74, 6) is 1.11. The molecule has 0 saturated carbocycles. The molecule has 1 unspecified atom stereocenters. The number of likely N-dealkylation sites (N-methyl/N-ethyl adjacent to an activating group) is 1. The van der Waals surface area contributed by atoms with Gasteiger partial charge in [0, 0.05) is 19.2 Å². The van der Waals surface area contributed by atoms with Crippen LogP contribution in [0.2, 0.25) is 0 Å². The molecule has 33 heavy (non-hydrogen) atoms. The van der Waals surface area contributed by atoms with Crippen molar-refractivity contribution < 1.29 is 23.8 Å². The Morgan fingerprint density at radius 3 is 2.42 bits per heavy atom. The maximum absolute atomic E-state index is 13.4. The van der Waals surface area contributed by atoms with Crippen LogP contribution in [0.3, 0.4) is 0 Å². The van der Waals surface area contributed by atoms with E-state index in [1.807, 2.05) is 24.3 Å².